The molecule has 79 heavy (non-hydrogen) atoms. The number of aromatic nitrogens is 3. The number of hydrogen-bond acceptors (Lipinski definition) is 10. The quantitative estimate of drug-likeness (QED) is 0.119. The summed E-state index contributed by atoms with van der Waals surface area (Å²) in [6.07, 6.45) is 11.7. The van der Waals surface area contributed by atoms with E-state index in [4.69, 9.17) is 9.47 Å². The zero-order valence-corrected chi connectivity index (χ0v) is 44.9. The van der Waals surface area contributed by atoms with Gasteiger partial charge in [0.15, 0.2) is 0 Å². The number of likely N-dealkylation sites (tertiary alicyclic amines) is 3. The number of carbonyl (C=O) groups is 4. The Bertz CT molecular complexity index is 3280. The van der Waals surface area contributed by atoms with Crippen molar-refractivity contribution < 1.29 is 33.0 Å². The SMILES string of the molecule is O=C(CN1CCC(OC2CCN(C(=O)[C@@H](C3CCCCC3)n3ccc4c(C5CCCN(C(=O)OCc6ccccc6)C5)cccc4c3=O)CC2)CC1)N1CCN(C(=O)c2cc(Cc3n[nH]c(=O)c4ccccc34)ccc2F)CC1. The number of carbonyl (C=O) groups excluding carboxylic acids is 4. The summed E-state index contributed by atoms with van der Waals surface area (Å²) < 4.78 is 29.3. The molecule has 2 atom stereocenters. The van der Waals surface area contributed by atoms with Crippen LogP contribution < -0.4 is 11.1 Å². The van der Waals surface area contributed by atoms with Gasteiger partial charge < -0.3 is 33.6 Å². The van der Waals surface area contributed by atoms with Crippen LogP contribution in [0.1, 0.15) is 115 Å². The van der Waals surface area contributed by atoms with E-state index in [-0.39, 0.29) is 71.8 Å². The van der Waals surface area contributed by atoms with Gasteiger partial charge >= 0.3 is 6.09 Å². The summed E-state index contributed by atoms with van der Waals surface area (Å²) in [6.45, 7) is 5.51. The van der Waals surface area contributed by atoms with E-state index in [1.54, 1.807) is 43.5 Å². The monoisotopic (exact) mass is 1070 g/mol. The third-order valence-corrected chi connectivity index (χ3v) is 17.3. The number of pyridine rings is 1. The van der Waals surface area contributed by atoms with Crippen molar-refractivity contribution in [1.82, 2.24) is 39.3 Å². The smallest absolute Gasteiger partial charge is 0.410 e. The number of hydrogen-bond donors (Lipinski definition) is 1. The Morgan fingerprint density at radius 2 is 1.33 bits per heavy atom. The number of nitrogens with one attached hydrogen (secondary N) is 1. The maximum Gasteiger partial charge on any atom is 0.410 e. The number of piperidine rings is 3. The molecule has 2 aromatic heterocycles. The highest BCUT2D eigenvalue weighted by atomic mass is 19.1. The molecule has 0 spiro atoms. The van der Waals surface area contributed by atoms with Gasteiger partial charge in [-0.1, -0.05) is 86.0 Å². The van der Waals surface area contributed by atoms with E-state index in [1.807, 2.05) is 71.8 Å². The third-order valence-electron chi connectivity index (χ3n) is 17.3. The summed E-state index contributed by atoms with van der Waals surface area (Å²) in [5.74, 6) is -0.912. The highest BCUT2D eigenvalue weighted by Gasteiger charge is 2.38. The number of aromatic amines is 1. The first kappa shape index (κ1) is 53.7. The molecule has 6 heterocycles. The lowest BCUT2D eigenvalue weighted by molar-refractivity contribution is -0.141. The molecule has 1 aliphatic carbocycles. The molecule has 4 aliphatic heterocycles. The average molecular weight is 1080 g/mol. The van der Waals surface area contributed by atoms with Crippen LogP contribution in [-0.4, -0.2) is 147 Å². The number of ether oxygens (including phenoxy) is 2. The van der Waals surface area contributed by atoms with Crippen LogP contribution >= 0.6 is 0 Å². The van der Waals surface area contributed by atoms with E-state index in [0.29, 0.717) is 99.0 Å². The molecular weight excluding hydrogens is 1000 g/mol. The Labute approximate surface area is 459 Å². The second-order valence-corrected chi connectivity index (χ2v) is 22.4. The highest BCUT2D eigenvalue weighted by Crippen LogP contribution is 2.37. The van der Waals surface area contributed by atoms with Gasteiger partial charge in [-0.05, 0) is 110 Å². The van der Waals surface area contributed by atoms with Crippen molar-refractivity contribution in [3.8, 4) is 0 Å². The van der Waals surface area contributed by atoms with Gasteiger partial charge in [0.05, 0.1) is 35.4 Å². The van der Waals surface area contributed by atoms with Gasteiger partial charge in [-0.2, -0.15) is 5.10 Å². The predicted octanol–water partition coefficient (Wildman–Crippen LogP) is 8.06. The Balaban J connectivity index is 0.646. The van der Waals surface area contributed by atoms with Crippen LogP contribution in [0.5, 0.6) is 0 Å². The summed E-state index contributed by atoms with van der Waals surface area (Å²) in [6, 6.07) is 28.6. The molecule has 11 rings (SSSR count). The second-order valence-electron chi connectivity index (χ2n) is 22.4. The Morgan fingerprint density at radius 1 is 0.633 bits per heavy atom. The fourth-order valence-corrected chi connectivity index (χ4v) is 12.9. The third kappa shape index (κ3) is 12.2. The van der Waals surface area contributed by atoms with Crippen molar-refractivity contribution in [2.24, 2.45) is 5.92 Å². The molecule has 4 saturated heterocycles. The minimum absolute atomic E-state index is 0.00550. The molecule has 17 heteroatoms. The maximum atomic E-state index is 15.2. The van der Waals surface area contributed by atoms with Gasteiger partial charge in [0.2, 0.25) is 11.8 Å². The van der Waals surface area contributed by atoms with Gasteiger partial charge in [-0.15, -0.1) is 0 Å². The molecule has 4 amide bonds. The van der Waals surface area contributed by atoms with E-state index >= 15 is 4.39 Å². The number of halogens is 1. The molecule has 1 N–H and O–H groups in total. The van der Waals surface area contributed by atoms with E-state index in [9.17, 15) is 28.8 Å². The molecule has 1 unspecified atom stereocenters. The Hall–Kier alpha value is -7.24. The topological polar surface area (TPSA) is 171 Å². The number of nitrogens with zero attached hydrogens (tertiary/aromatic N) is 7. The fraction of sp³-hybridized carbons (Fsp3) is 0.468. The van der Waals surface area contributed by atoms with Crippen LogP contribution in [0.15, 0.2) is 113 Å². The summed E-state index contributed by atoms with van der Waals surface area (Å²) in [5, 5.41) is 9.45. The van der Waals surface area contributed by atoms with Crippen LogP contribution in [-0.2, 0) is 32.1 Å². The average Bonchev–Trinajstić information content (AvgIpc) is 3.53. The lowest BCUT2D eigenvalue weighted by atomic mass is 9.82. The van der Waals surface area contributed by atoms with Crippen LogP contribution in [0.4, 0.5) is 9.18 Å². The van der Waals surface area contributed by atoms with Gasteiger partial charge in [0.1, 0.15) is 18.5 Å². The minimum Gasteiger partial charge on any atom is -0.445 e. The van der Waals surface area contributed by atoms with Crippen molar-refractivity contribution in [2.45, 2.75) is 108 Å². The largest absolute Gasteiger partial charge is 0.445 e. The van der Waals surface area contributed by atoms with Gasteiger partial charge in [0, 0.05) is 94.8 Å². The lowest BCUT2D eigenvalue weighted by Crippen LogP contribution is -2.53. The highest BCUT2D eigenvalue weighted by molar-refractivity contribution is 5.95. The van der Waals surface area contributed by atoms with Crippen molar-refractivity contribution in [3.05, 3.63) is 158 Å². The second kappa shape index (κ2) is 24.4. The van der Waals surface area contributed by atoms with Gasteiger partial charge in [-0.25, -0.2) is 14.3 Å². The first-order valence-electron chi connectivity index (χ1n) is 28.6. The van der Waals surface area contributed by atoms with Crippen LogP contribution in [0.3, 0.4) is 0 Å². The molecular formula is C62H71FN8O8. The van der Waals surface area contributed by atoms with Gasteiger partial charge in [-0.3, -0.25) is 28.9 Å². The fourth-order valence-electron chi connectivity index (χ4n) is 12.9. The number of amides is 4. The summed E-state index contributed by atoms with van der Waals surface area (Å²) in [4.78, 5) is 91.4. The molecule has 0 bridgehead atoms. The van der Waals surface area contributed by atoms with E-state index in [1.165, 1.54) is 6.07 Å². The first-order valence-corrected chi connectivity index (χ1v) is 28.6. The van der Waals surface area contributed by atoms with Crippen molar-refractivity contribution in [2.75, 3.05) is 72.0 Å². The Kier molecular flexibility index (Phi) is 16.6. The molecule has 5 fully saturated rings. The molecule has 0 radical (unpaired) electrons. The summed E-state index contributed by atoms with van der Waals surface area (Å²) in [5.41, 5.74) is 2.82. The zero-order valence-electron chi connectivity index (χ0n) is 44.9. The van der Waals surface area contributed by atoms with Crippen LogP contribution in [0.25, 0.3) is 21.5 Å². The maximum absolute atomic E-state index is 15.2. The molecule has 5 aliphatic rings. The predicted molar refractivity (Wildman–Crippen MR) is 298 cm³/mol. The normalized spacial score (nSPS) is 19.7. The van der Waals surface area contributed by atoms with Gasteiger partial charge in [0.25, 0.3) is 17.0 Å². The van der Waals surface area contributed by atoms with Crippen molar-refractivity contribution in [1.29, 1.82) is 0 Å². The number of rotatable bonds is 13. The van der Waals surface area contributed by atoms with E-state index in [0.717, 1.165) is 87.4 Å². The summed E-state index contributed by atoms with van der Waals surface area (Å²) in [7, 11) is 0. The number of H-pyrrole nitrogens is 1. The van der Waals surface area contributed by atoms with Crippen molar-refractivity contribution in [3.63, 3.8) is 0 Å². The minimum atomic E-state index is -0.615. The molecule has 1 saturated carbocycles. The molecule has 16 nitrogen and oxygen atoms in total. The standard InChI is InChI=1S/C62H71FN8O8/c63-54-21-20-43(38-55-50-16-7-8-17-51(50)58(73)65-64-55)37-53(54)59(74)69-35-33-67(34-36-69)56(72)40-66-28-22-46(23-29-66)79-47-24-30-68(31-25-47)61(76)57(44-13-5-2-6-14-44)71-32-26-49-48(18-9-19-52(49)60(71)75)45-15-10-27-70(39-45)62(77)78-41-42-11-3-1-4-12-42/h1,3-4,7-9,11-12,16-21,26,32,37,44-47,57H,2,5-6,10,13-15,22-25,27-31,33-36,38-41H2,(H,65,73)/t45?,57-/m1/s1. The van der Waals surface area contributed by atoms with Crippen LogP contribution in [0, 0.1) is 11.7 Å². The first-order chi connectivity index (χ1) is 38.5. The zero-order chi connectivity index (χ0) is 54.4. The summed E-state index contributed by atoms with van der Waals surface area (Å²) >= 11 is 0. The lowest BCUT2D eigenvalue weighted by Gasteiger charge is -2.40. The van der Waals surface area contributed by atoms with E-state index < -0.39 is 17.8 Å². The van der Waals surface area contributed by atoms with E-state index in [2.05, 4.69) is 21.2 Å². The number of piperazine rings is 1. The molecule has 6 aromatic rings. The Morgan fingerprint density at radius 3 is 2.09 bits per heavy atom. The van der Waals surface area contributed by atoms with Crippen molar-refractivity contribution >= 4 is 45.4 Å². The van der Waals surface area contributed by atoms with Crippen LogP contribution in [0.2, 0.25) is 0 Å². The molecule has 414 valence electrons. The molecule has 4 aromatic carbocycles. The number of benzene rings is 4. The number of fused-ring (bicyclic) bond motifs is 2.